The molecule has 0 atom stereocenters. The highest BCUT2D eigenvalue weighted by molar-refractivity contribution is 9.10. The smallest absolute Gasteiger partial charge is 0.224 e. The molecule has 1 saturated carbocycles. The second kappa shape index (κ2) is 7.94. The van der Waals surface area contributed by atoms with Crippen LogP contribution in [-0.2, 0) is 0 Å². The molecule has 0 bridgehead atoms. The number of halogens is 1. The van der Waals surface area contributed by atoms with Gasteiger partial charge in [0.05, 0.1) is 10.1 Å². The van der Waals surface area contributed by atoms with Gasteiger partial charge in [0.1, 0.15) is 5.82 Å². The lowest BCUT2D eigenvalue weighted by Gasteiger charge is -2.27. The number of anilines is 2. The number of nitrogens with one attached hydrogen (secondary N) is 2. The summed E-state index contributed by atoms with van der Waals surface area (Å²) in [5.41, 5.74) is -0.613. The van der Waals surface area contributed by atoms with Crippen LogP contribution in [0.1, 0.15) is 51.9 Å². The Kier molecular flexibility index (Phi) is 6.23. The monoisotopic (exact) mass is 356 g/mol. The largest absolute Gasteiger partial charge is 0.388 e. The summed E-state index contributed by atoms with van der Waals surface area (Å²) < 4.78 is 0.821. The van der Waals surface area contributed by atoms with Crippen molar-refractivity contribution >= 4 is 27.7 Å². The van der Waals surface area contributed by atoms with Crippen molar-refractivity contribution in [2.24, 2.45) is 0 Å². The van der Waals surface area contributed by atoms with Gasteiger partial charge in [-0.1, -0.05) is 32.6 Å². The Morgan fingerprint density at radius 2 is 1.95 bits per heavy atom. The lowest BCUT2D eigenvalue weighted by Crippen LogP contribution is -2.36. The molecule has 0 saturated heterocycles. The van der Waals surface area contributed by atoms with Crippen LogP contribution in [0.25, 0.3) is 0 Å². The fourth-order valence-corrected chi connectivity index (χ4v) is 2.96. The SMILES string of the molecule is CCCNc1ncc(Br)c(NCC2(O)CCCCCC2)n1. The van der Waals surface area contributed by atoms with Crippen LogP contribution in [0.15, 0.2) is 10.7 Å². The van der Waals surface area contributed by atoms with Gasteiger partial charge in [-0.25, -0.2) is 4.98 Å². The lowest BCUT2D eigenvalue weighted by molar-refractivity contribution is 0.0380. The van der Waals surface area contributed by atoms with E-state index >= 15 is 0 Å². The molecule has 3 N–H and O–H groups in total. The van der Waals surface area contributed by atoms with Crippen molar-refractivity contribution in [3.8, 4) is 0 Å². The van der Waals surface area contributed by atoms with Gasteiger partial charge in [0, 0.05) is 19.3 Å². The number of hydrogen-bond acceptors (Lipinski definition) is 5. The lowest BCUT2D eigenvalue weighted by atomic mass is 9.94. The highest BCUT2D eigenvalue weighted by Gasteiger charge is 2.28. The summed E-state index contributed by atoms with van der Waals surface area (Å²) >= 11 is 3.46. The molecule has 1 aromatic heterocycles. The average Bonchev–Trinajstić information content (AvgIpc) is 2.70. The highest BCUT2D eigenvalue weighted by Crippen LogP contribution is 2.28. The molecule has 1 aliphatic rings. The van der Waals surface area contributed by atoms with E-state index in [9.17, 15) is 5.11 Å². The first-order valence-corrected chi connectivity index (χ1v) is 8.65. The number of nitrogens with zero attached hydrogens (tertiary/aromatic N) is 2. The molecule has 118 valence electrons. The Labute approximate surface area is 135 Å². The van der Waals surface area contributed by atoms with Gasteiger partial charge in [0.15, 0.2) is 0 Å². The zero-order chi connectivity index (χ0) is 15.1. The zero-order valence-electron chi connectivity index (χ0n) is 12.7. The quantitative estimate of drug-likeness (QED) is 0.679. The van der Waals surface area contributed by atoms with E-state index in [1.54, 1.807) is 6.20 Å². The summed E-state index contributed by atoms with van der Waals surface area (Å²) in [6.45, 7) is 3.49. The van der Waals surface area contributed by atoms with Crippen molar-refractivity contribution in [1.82, 2.24) is 9.97 Å². The van der Waals surface area contributed by atoms with Gasteiger partial charge < -0.3 is 15.7 Å². The predicted octanol–water partition coefficient (Wildman–Crippen LogP) is 3.56. The normalized spacial score (nSPS) is 18.0. The van der Waals surface area contributed by atoms with Crippen LogP contribution in [0.3, 0.4) is 0 Å². The van der Waals surface area contributed by atoms with E-state index in [2.05, 4.69) is 43.5 Å². The van der Waals surface area contributed by atoms with Crippen LogP contribution in [0.2, 0.25) is 0 Å². The van der Waals surface area contributed by atoms with Crippen molar-refractivity contribution in [2.45, 2.75) is 57.5 Å². The second-order valence-corrected chi connectivity index (χ2v) is 6.66. The number of aromatic nitrogens is 2. The molecule has 0 radical (unpaired) electrons. The van der Waals surface area contributed by atoms with E-state index in [4.69, 9.17) is 0 Å². The second-order valence-electron chi connectivity index (χ2n) is 5.81. The average molecular weight is 357 g/mol. The zero-order valence-corrected chi connectivity index (χ0v) is 14.2. The minimum absolute atomic E-state index is 0.538. The van der Waals surface area contributed by atoms with E-state index in [0.29, 0.717) is 12.5 Å². The third-order valence-corrected chi connectivity index (χ3v) is 4.48. The first kappa shape index (κ1) is 16.5. The van der Waals surface area contributed by atoms with Gasteiger partial charge in [-0.3, -0.25) is 0 Å². The summed E-state index contributed by atoms with van der Waals surface area (Å²) in [5, 5.41) is 17.1. The van der Waals surface area contributed by atoms with Crippen molar-refractivity contribution < 1.29 is 5.11 Å². The van der Waals surface area contributed by atoms with Gasteiger partial charge in [0.25, 0.3) is 0 Å². The molecule has 0 aromatic carbocycles. The molecular formula is C15H25BrN4O. The Morgan fingerprint density at radius 3 is 2.62 bits per heavy atom. The fraction of sp³-hybridized carbons (Fsp3) is 0.733. The molecule has 0 unspecified atom stereocenters. The Hall–Kier alpha value is -0.880. The molecule has 1 aliphatic carbocycles. The maximum Gasteiger partial charge on any atom is 0.224 e. The van der Waals surface area contributed by atoms with Crippen LogP contribution in [0.4, 0.5) is 11.8 Å². The number of rotatable bonds is 6. The molecular weight excluding hydrogens is 332 g/mol. The van der Waals surface area contributed by atoms with Gasteiger partial charge in [-0.2, -0.15) is 4.98 Å². The van der Waals surface area contributed by atoms with Gasteiger partial charge in [-0.15, -0.1) is 0 Å². The van der Waals surface area contributed by atoms with Gasteiger partial charge >= 0.3 is 0 Å². The Balaban J connectivity index is 1.97. The topological polar surface area (TPSA) is 70.1 Å². The van der Waals surface area contributed by atoms with Crippen molar-refractivity contribution in [1.29, 1.82) is 0 Å². The third-order valence-electron chi connectivity index (χ3n) is 3.90. The van der Waals surface area contributed by atoms with E-state index in [1.807, 2.05) is 0 Å². The van der Waals surface area contributed by atoms with Crippen LogP contribution in [0, 0.1) is 0 Å². The first-order valence-electron chi connectivity index (χ1n) is 7.86. The summed E-state index contributed by atoms with van der Waals surface area (Å²) in [6, 6.07) is 0. The van der Waals surface area contributed by atoms with Gasteiger partial charge in [-0.05, 0) is 35.2 Å². The molecule has 0 aliphatic heterocycles. The number of aliphatic hydroxyl groups is 1. The maximum absolute atomic E-state index is 10.7. The molecule has 0 amide bonds. The molecule has 0 spiro atoms. The van der Waals surface area contributed by atoms with Crippen molar-refractivity contribution in [2.75, 3.05) is 23.7 Å². The first-order chi connectivity index (χ1) is 10.1. The maximum atomic E-state index is 10.7. The van der Waals surface area contributed by atoms with Crippen LogP contribution in [-0.4, -0.2) is 33.8 Å². The van der Waals surface area contributed by atoms with E-state index in [-0.39, 0.29) is 0 Å². The summed E-state index contributed by atoms with van der Waals surface area (Å²) in [5.74, 6) is 1.36. The third kappa shape index (κ3) is 5.11. The molecule has 1 aromatic rings. The standard InChI is InChI=1S/C15H25BrN4O/c1-2-9-17-14-18-10-12(16)13(20-14)19-11-15(21)7-5-3-4-6-8-15/h10,21H,2-9,11H2,1H3,(H2,17,18,19,20). The predicted molar refractivity (Wildman–Crippen MR) is 89.7 cm³/mol. The summed E-state index contributed by atoms with van der Waals surface area (Å²) in [4.78, 5) is 8.69. The molecule has 5 nitrogen and oxygen atoms in total. The minimum atomic E-state index is -0.613. The Bertz CT molecular complexity index is 447. The summed E-state index contributed by atoms with van der Waals surface area (Å²) in [6.07, 6.45) is 9.16. The van der Waals surface area contributed by atoms with Crippen LogP contribution >= 0.6 is 15.9 Å². The summed E-state index contributed by atoms with van der Waals surface area (Å²) in [7, 11) is 0. The highest BCUT2D eigenvalue weighted by atomic mass is 79.9. The molecule has 6 heteroatoms. The van der Waals surface area contributed by atoms with Crippen LogP contribution in [0.5, 0.6) is 0 Å². The van der Waals surface area contributed by atoms with E-state index < -0.39 is 5.60 Å². The minimum Gasteiger partial charge on any atom is -0.388 e. The van der Waals surface area contributed by atoms with Crippen LogP contribution < -0.4 is 10.6 Å². The molecule has 2 rings (SSSR count). The van der Waals surface area contributed by atoms with Crippen molar-refractivity contribution in [3.63, 3.8) is 0 Å². The fourth-order valence-electron chi connectivity index (χ4n) is 2.62. The van der Waals surface area contributed by atoms with E-state index in [0.717, 1.165) is 48.9 Å². The number of hydrogen-bond donors (Lipinski definition) is 3. The Morgan fingerprint density at radius 1 is 1.24 bits per heavy atom. The van der Waals surface area contributed by atoms with Gasteiger partial charge in [0.2, 0.25) is 5.95 Å². The molecule has 1 heterocycles. The van der Waals surface area contributed by atoms with E-state index in [1.165, 1.54) is 12.8 Å². The molecule has 1 fully saturated rings. The van der Waals surface area contributed by atoms with Crippen molar-refractivity contribution in [3.05, 3.63) is 10.7 Å². The molecule has 21 heavy (non-hydrogen) atoms.